The fraction of sp³-hybridized carbons (Fsp3) is 0.625. The summed E-state index contributed by atoms with van der Waals surface area (Å²) in [5.41, 5.74) is 4.16. The van der Waals surface area contributed by atoms with Gasteiger partial charge in [0.25, 0.3) is 0 Å². The predicted octanol–water partition coefficient (Wildman–Crippen LogP) is 1.79. The quantitative estimate of drug-likeness (QED) is 0.854. The second-order valence-corrected chi connectivity index (χ2v) is 5.96. The molecule has 2 aromatic heterocycles. The molecule has 0 amide bonds. The Morgan fingerprint density at radius 2 is 2.00 bits per heavy atom. The third-order valence-electron chi connectivity index (χ3n) is 4.25. The van der Waals surface area contributed by atoms with E-state index in [0.29, 0.717) is 0 Å². The van der Waals surface area contributed by atoms with Crippen LogP contribution in [0.1, 0.15) is 23.4 Å². The second kappa shape index (κ2) is 6.62. The predicted molar refractivity (Wildman–Crippen MR) is 87.6 cm³/mol. The summed E-state index contributed by atoms with van der Waals surface area (Å²) in [5, 5.41) is 8.10. The number of aryl methyl sites for hydroxylation is 3. The van der Waals surface area contributed by atoms with Crippen molar-refractivity contribution in [3.05, 3.63) is 23.0 Å². The summed E-state index contributed by atoms with van der Waals surface area (Å²) >= 11 is 0. The van der Waals surface area contributed by atoms with Gasteiger partial charge in [0.15, 0.2) is 5.65 Å². The molecule has 0 radical (unpaired) electrons. The average molecular weight is 303 g/mol. The number of nitrogens with one attached hydrogen (secondary N) is 1. The molecule has 120 valence electrons. The highest BCUT2D eigenvalue weighted by atomic mass is 16.5. The largest absolute Gasteiger partial charge is 0.379 e. The van der Waals surface area contributed by atoms with E-state index in [9.17, 15) is 0 Å². The van der Waals surface area contributed by atoms with E-state index in [4.69, 9.17) is 4.74 Å². The van der Waals surface area contributed by atoms with Crippen molar-refractivity contribution in [2.75, 3.05) is 44.7 Å². The maximum absolute atomic E-state index is 5.37. The SMILES string of the molecule is Cc1cc(NCCCN2CCOCC2)n2nc(C)c(C)c2n1. The maximum atomic E-state index is 5.37. The summed E-state index contributed by atoms with van der Waals surface area (Å²) in [5.74, 6) is 1.03. The Morgan fingerprint density at radius 1 is 1.23 bits per heavy atom. The summed E-state index contributed by atoms with van der Waals surface area (Å²) in [6.45, 7) is 12.0. The van der Waals surface area contributed by atoms with E-state index in [2.05, 4.69) is 33.3 Å². The Morgan fingerprint density at radius 3 is 2.77 bits per heavy atom. The van der Waals surface area contributed by atoms with Crippen molar-refractivity contribution in [3.8, 4) is 0 Å². The minimum atomic E-state index is 0.865. The lowest BCUT2D eigenvalue weighted by atomic mass is 10.3. The summed E-state index contributed by atoms with van der Waals surface area (Å²) in [7, 11) is 0. The first-order valence-corrected chi connectivity index (χ1v) is 8.02. The van der Waals surface area contributed by atoms with Crippen molar-refractivity contribution in [1.82, 2.24) is 19.5 Å². The topological polar surface area (TPSA) is 54.7 Å². The number of fused-ring (bicyclic) bond motifs is 1. The van der Waals surface area contributed by atoms with Crippen LogP contribution in [-0.2, 0) is 4.74 Å². The van der Waals surface area contributed by atoms with Crippen molar-refractivity contribution < 1.29 is 4.74 Å². The molecular formula is C16H25N5O. The molecule has 0 saturated carbocycles. The van der Waals surface area contributed by atoms with Crippen LogP contribution in [0.4, 0.5) is 5.82 Å². The zero-order valence-electron chi connectivity index (χ0n) is 13.7. The highest BCUT2D eigenvalue weighted by Crippen LogP contribution is 2.18. The Balaban J connectivity index is 1.62. The molecule has 6 nitrogen and oxygen atoms in total. The van der Waals surface area contributed by atoms with E-state index >= 15 is 0 Å². The van der Waals surface area contributed by atoms with Crippen LogP contribution in [0.25, 0.3) is 5.65 Å². The highest BCUT2D eigenvalue weighted by Gasteiger charge is 2.12. The molecule has 0 aliphatic carbocycles. The van der Waals surface area contributed by atoms with Crippen LogP contribution in [0.3, 0.4) is 0 Å². The molecule has 1 aliphatic heterocycles. The van der Waals surface area contributed by atoms with Gasteiger partial charge in [0.1, 0.15) is 5.82 Å². The lowest BCUT2D eigenvalue weighted by Gasteiger charge is -2.26. The summed E-state index contributed by atoms with van der Waals surface area (Å²) in [6, 6.07) is 2.06. The number of morpholine rings is 1. The van der Waals surface area contributed by atoms with E-state index in [0.717, 1.165) is 74.2 Å². The molecule has 1 fully saturated rings. The van der Waals surface area contributed by atoms with Gasteiger partial charge in [-0.1, -0.05) is 0 Å². The van der Waals surface area contributed by atoms with Crippen LogP contribution >= 0.6 is 0 Å². The third kappa shape index (κ3) is 3.23. The molecule has 1 N–H and O–H groups in total. The van der Waals surface area contributed by atoms with E-state index in [1.807, 2.05) is 18.4 Å². The number of hydrogen-bond acceptors (Lipinski definition) is 5. The number of hydrogen-bond donors (Lipinski definition) is 1. The fourth-order valence-corrected chi connectivity index (χ4v) is 2.82. The summed E-state index contributed by atoms with van der Waals surface area (Å²) in [6.07, 6.45) is 1.11. The summed E-state index contributed by atoms with van der Waals surface area (Å²) < 4.78 is 7.30. The number of aromatic nitrogens is 3. The number of ether oxygens (including phenoxy) is 1. The number of rotatable bonds is 5. The van der Waals surface area contributed by atoms with Crippen molar-refractivity contribution in [2.24, 2.45) is 0 Å². The Kier molecular flexibility index (Phi) is 4.59. The Labute approximate surface area is 131 Å². The lowest BCUT2D eigenvalue weighted by Crippen LogP contribution is -2.37. The van der Waals surface area contributed by atoms with Gasteiger partial charge in [-0.15, -0.1) is 0 Å². The molecule has 0 unspecified atom stereocenters. The Hall–Kier alpha value is -1.66. The zero-order chi connectivity index (χ0) is 15.5. The maximum Gasteiger partial charge on any atom is 0.160 e. The molecule has 3 heterocycles. The van der Waals surface area contributed by atoms with Crippen molar-refractivity contribution >= 4 is 11.5 Å². The molecule has 6 heteroatoms. The molecule has 1 saturated heterocycles. The van der Waals surface area contributed by atoms with Crippen LogP contribution in [-0.4, -0.2) is 58.9 Å². The lowest BCUT2D eigenvalue weighted by molar-refractivity contribution is 0.0378. The zero-order valence-corrected chi connectivity index (χ0v) is 13.7. The average Bonchev–Trinajstić information content (AvgIpc) is 2.80. The standard InChI is InChI=1S/C16H25N5O/c1-12-11-15(21-16(18-12)13(2)14(3)19-21)17-5-4-6-20-7-9-22-10-8-20/h11,17H,4-10H2,1-3H3. The molecule has 3 rings (SSSR count). The van der Waals surface area contributed by atoms with Gasteiger partial charge in [0.05, 0.1) is 18.9 Å². The smallest absolute Gasteiger partial charge is 0.160 e. The molecule has 22 heavy (non-hydrogen) atoms. The molecule has 2 aromatic rings. The highest BCUT2D eigenvalue weighted by molar-refractivity contribution is 5.55. The van der Waals surface area contributed by atoms with Crippen LogP contribution in [0.15, 0.2) is 6.07 Å². The minimum Gasteiger partial charge on any atom is -0.379 e. The monoisotopic (exact) mass is 303 g/mol. The van der Waals surface area contributed by atoms with Crippen LogP contribution in [0.2, 0.25) is 0 Å². The Bertz CT molecular complexity index is 646. The number of anilines is 1. The van der Waals surface area contributed by atoms with Crippen molar-refractivity contribution in [2.45, 2.75) is 27.2 Å². The van der Waals surface area contributed by atoms with Gasteiger partial charge in [-0.3, -0.25) is 4.90 Å². The molecule has 1 aliphatic rings. The number of nitrogens with zero attached hydrogens (tertiary/aromatic N) is 4. The van der Waals surface area contributed by atoms with Gasteiger partial charge >= 0.3 is 0 Å². The van der Waals surface area contributed by atoms with Gasteiger partial charge in [0.2, 0.25) is 0 Å². The fourth-order valence-electron chi connectivity index (χ4n) is 2.82. The molecule has 0 spiro atoms. The first-order chi connectivity index (χ1) is 10.6. The van der Waals surface area contributed by atoms with Gasteiger partial charge in [-0.05, 0) is 33.7 Å². The van der Waals surface area contributed by atoms with Gasteiger partial charge < -0.3 is 10.1 Å². The third-order valence-corrected chi connectivity index (χ3v) is 4.25. The van der Waals surface area contributed by atoms with Gasteiger partial charge in [-0.2, -0.15) is 9.61 Å². The van der Waals surface area contributed by atoms with Crippen LogP contribution in [0, 0.1) is 20.8 Å². The molecule has 0 atom stereocenters. The van der Waals surface area contributed by atoms with E-state index in [1.165, 1.54) is 0 Å². The van der Waals surface area contributed by atoms with Crippen molar-refractivity contribution in [3.63, 3.8) is 0 Å². The molecule has 0 aromatic carbocycles. The van der Waals surface area contributed by atoms with Crippen LogP contribution < -0.4 is 5.32 Å². The van der Waals surface area contributed by atoms with E-state index < -0.39 is 0 Å². The van der Waals surface area contributed by atoms with Gasteiger partial charge in [-0.25, -0.2) is 4.98 Å². The minimum absolute atomic E-state index is 0.865. The molecular weight excluding hydrogens is 278 g/mol. The second-order valence-electron chi connectivity index (χ2n) is 5.96. The van der Waals surface area contributed by atoms with Crippen LogP contribution in [0.5, 0.6) is 0 Å². The summed E-state index contributed by atoms with van der Waals surface area (Å²) in [4.78, 5) is 7.06. The van der Waals surface area contributed by atoms with E-state index in [1.54, 1.807) is 0 Å². The van der Waals surface area contributed by atoms with Crippen molar-refractivity contribution in [1.29, 1.82) is 0 Å². The molecule has 0 bridgehead atoms. The van der Waals surface area contributed by atoms with Gasteiger partial charge in [0, 0.05) is 37.0 Å². The first kappa shape index (κ1) is 15.2. The first-order valence-electron chi connectivity index (χ1n) is 8.02. The normalized spacial score (nSPS) is 16.3. The van der Waals surface area contributed by atoms with E-state index in [-0.39, 0.29) is 0 Å².